The van der Waals surface area contributed by atoms with Crippen LogP contribution in [0.2, 0.25) is 0 Å². The van der Waals surface area contributed by atoms with E-state index in [4.69, 9.17) is 10.2 Å². The average molecular weight is 353 g/mol. The zero-order valence-corrected chi connectivity index (χ0v) is 14.2. The van der Waals surface area contributed by atoms with Crippen molar-refractivity contribution in [3.8, 4) is 5.75 Å². The Morgan fingerprint density at radius 3 is 2.21 bits per heavy atom. The zero-order chi connectivity index (χ0) is 18.3. The Hall–Kier alpha value is -2.29. The second-order valence-corrected chi connectivity index (χ2v) is 6.36. The number of hydrogen-bond acceptors (Lipinski definition) is 6. The molecule has 0 aliphatic carbocycles. The van der Waals surface area contributed by atoms with E-state index in [2.05, 4.69) is 0 Å². The number of aliphatic hydroxyl groups excluding tert-OH is 1. The van der Waals surface area contributed by atoms with Gasteiger partial charge in [-0.3, -0.25) is 4.79 Å². The van der Waals surface area contributed by atoms with Crippen molar-refractivity contribution in [1.29, 1.82) is 0 Å². The predicted octanol–water partition coefficient (Wildman–Crippen LogP) is 0.774. The maximum atomic E-state index is 10.9. The number of rotatable bonds is 4. The minimum atomic E-state index is -4.47. The third kappa shape index (κ3) is 6.07. The molecule has 0 amide bonds. The third-order valence-electron chi connectivity index (χ3n) is 3.10. The van der Waals surface area contributed by atoms with E-state index < -0.39 is 10.1 Å². The minimum absolute atomic E-state index is 0.0612. The van der Waals surface area contributed by atoms with Crippen molar-refractivity contribution in [3.63, 3.8) is 0 Å². The standard InChI is InChI=1S/C9H12NO2.C7H8O4S/c1-8(12)9-2-4-10(5-3-9)6-7-11;1-5-2-3-6(8)4-7(5)12(9,10)11/h2-5,11H,6-7H2,1H3;2-4,8H,1H3,(H,9,10,11)/q+1;/p-1. The zero-order valence-electron chi connectivity index (χ0n) is 13.3. The highest BCUT2D eigenvalue weighted by atomic mass is 32.2. The molecule has 2 rings (SSSR count). The molecule has 1 aromatic heterocycles. The summed E-state index contributed by atoms with van der Waals surface area (Å²) in [5, 5.41) is 17.5. The molecule has 0 saturated carbocycles. The monoisotopic (exact) mass is 353 g/mol. The number of aromatic hydroxyl groups is 1. The highest BCUT2D eigenvalue weighted by Gasteiger charge is 2.05. The molecular formula is C16H19NO6S. The Balaban J connectivity index is 0.000000240. The Bertz CT molecular complexity index is 800. The van der Waals surface area contributed by atoms with Crippen LogP contribution < -0.4 is 4.57 Å². The summed E-state index contributed by atoms with van der Waals surface area (Å²) in [4.78, 5) is 10.5. The predicted molar refractivity (Wildman–Crippen MR) is 84.5 cm³/mol. The molecule has 7 nitrogen and oxygen atoms in total. The number of Topliss-reactive ketones (excluding diaryl/α,β-unsaturated/α-hetero) is 1. The molecule has 0 saturated heterocycles. The minimum Gasteiger partial charge on any atom is -0.744 e. The molecule has 0 fully saturated rings. The van der Waals surface area contributed by atoms with Crippen LogP contribution in [0.25, 0.3) is 0 Å². The molecular weight excluding hydrogens is 334 g/mol. The van der Waals surface area contributed by atoms with Crippen LogP contribution in [0.15, 0.2) is 47.6 Å². The molecule has 1 heterocycles. The van der Waals surface area contributed by atoms with E-state index in [1.807, 2.05) is 4.57 Å². The smallest absolute Gasteiger partial charge is 0.171 e. The van der Waals surface area contributed by atoms with Gasteiger partial charge in [0.15, 0.2) is 24.7 Å². The van der Waals surface area contributed by atoms with Crippen molar-refractivity contribution in [2.75, 3.05) is 6.61 Å². The highest BCUT2D eigenvalue weighted by molar-refractivity contribution is 7.85. The Morgan fingerprint density at radius 1 is 1.21 bits per heavy atom. The maximum absolute atomic E-state index is 10.9. The lowest BCUT2D eigenvalue weighted by molar-refractivity contribution is -0.698. The molecule has 0 aliphatic heterocycles. The summed E-state index contributed by atoms with van der Waals surface area (Å²) >= 11 is 0. The van der Waals surface area contributed by atoms with Crippen molar-refractivity contribution in [2.24, 2.45) is 0 Å². The molecule has 1 aromatic carbocycles. The number of carbonyl (C=O) groups excluding carboxylic acids is 1. The number of pyridine rings is 1. The Labute approximate surface area is 140 Å². The number of aliphatic hydroxyl groups is 1. The molecule has 0 unspecified atom stereocenters. The number of hydrogen-bond donors (Lipinski definition) is 2. The van der Waals surface area contributed by atoms with Crippen LogP contribution in [0.5, 0.6) is 5.75 Å². The van der Waals surface area contributed by atoms with Crippen LogP contribution in [0.3, 0.4) is 0 Å². The van der Waals surface area contributed by atoms with E-state index in [0.717, 1.165) is 6.07 Å². The molecule has 0 bridgehead atoms. The summed E-state index contributed by atoms with van der Waals surface area (Å²) in [5.74, 6) is -0.166. The molecule has 0 spiro atoms. The summed E-state index contributed by atoms with van der Waals surface area (Å²) in [7, 11) is -4.47. The number of aryl methyl sites for hydroxylation is 1. The molecule has 2 aromatic rings. The van der Waals surface area contributed by atoms with Gasteiger partial charge in [0.05, 0.1) is 4.90 Å². The van der Waals surface area contributed by atoms with Crippen LogP contribution in [-0.2, 0) is 16.7 Å². The van der Waals surface area contributed by atoms with Crippen LogP contribution in [0.4, 0.5) is 0 Å². The first-order valence-electron chi connectivity index (χ1n) is 7.01. The summed E-state index contributed by atoms with van der Waals surface area (Å²) in [6.45, 7) is 3.71. The van der Waals surface area contributed by atoms with E-state index in [1.54, 1.807) is 24.5 Å². The first-order chi connectivity index (χ1) is 11.1. The van der Waals surface area contributed by atoms with Gasteiger partial charge in [-0.05, 0) is 31.5 Å². The number of ketones is 1. The Kier molecular flexibility index (Phi) is 7.02. The third-order valence-corrected chi connectivity index (χ3v) is 4.08. The number of benzene rings is 1. The van der Waals surface area contributed by atoms with E-state index in [-0.39, 0.29) is 23.0 Å². The highest BCUT2D eigenvalue weighted by Crippen LogP contribution is 2.19. The van der Waals surface area contributed by atoms with Gasteiger partial charge in [0.2, 0.25) is 0 Å². The fraction of sp³-hybridized carbons (Fsp3) is 0.250. The van der Waals surface area contributed by atoms with Crippen molar-refractivity contribution in [3.05, 3.63) is 53.9 Å². The first-order valence-corrected chi connectivity index (χ1v) is 8.42. The number of nitrogens with zero attached hydrogens (tertiary/aromatic N) is 1. The maximum Gasteiger partial charge on any atom is 0.171 e. The summed E-state index contributed by atoms with van der Waals surface area (Å²) in [5.41, 5.74) is 1.03. The number of aromatic nitrogens is 1. The molecule has 24 heavy (non-hydrogen) atoms. The van der Waals surface area contributed by atoms with Crippen molar-refractivity contribution in [1.82, 2.24) is 0 Å². The summed E-state index contributed by atoms with van der Waals surface area (Å²) in [6, 6.07) is 7.14. The average Bonchev–Trinajstić information content (AvgIpc) is 2.50. The van der Waals surface area contributed by atoms with Gasteiger partial charge < -0.3 is 14.8 Å². The van der Waals surface area contributed by atoms with Crippen LogP contribution >= 0.6 is 0 Å². The SMILES string of the molecule is CC(=O)c1cc[n+](CCO)cc1.Cc1ccc(O)cc1S(=O)(=O)[O-]. The van der Waals surface area contributed by atoms with Gasteiger partial charge in [0, 0.05) is 17.7 Å². The molecule has 0 atom stereocenters. The quantitative estimate of drug-likeness (QED) is 0.476. The second kappa shape index (κ2) is 8.53. The molecule has 8 heteroatoms. The van der Waals surface area contributed by atoms with E-state index in [1.165, 1.54) is 26.0 Å². The molecule has 130 valence electrons. The Morgan fingerprint density at radius 2 is 1.79 bits per heavy atom. The summed E-state index contributed by atoms with van der Waals surface area (Å²) in [6.07, 6.45) is 3.57. The normalized spacial score (nSPS) is 10.7. The molecule has 0 radical (unpaired) electrons. The summed E-state index contributed by atoms with van der Waals surface area (Å²) < 4.78 is 33.4. The fourth-order valence-corrected chi connectivity index (χ4v) is 2.54. The van der Waals surface area contributed by atoms with E-state index in [9.17, 15) is 17.8 Å². The van der Waals surface area contributed by atoms with Crippen LogP contribution in [0.1, 0.15) is 22.8 Å². The van der Waals surface area contributed by atoms with Crippen LogP contribution in [0, 0.1) is 6.92 Å². The van der Waals surface area contributed by atoms with Crippen LogP contribution in [-0.4, -0.2) is 35.6 Å². The lowest BCUT2D eigenvalue weighted by Crippen LogP contribution is -2.34. The van der Waals surface area contributed by atoms with Crippen molar-refractivity contribution < 1.29 is 32.5 Å². The van der Waals surface area contributed by atoms with Crippen molar-refractivity contribution in [2.45, 2.75) is 25.3 Å². The van der Waals surface area contributed by atoms with Gasteiger partial charge in [-0.2, -0.15) is 0 Å². The lowest BCUT2D eigenvalue weighted by atomic mass is 10.2. The van der Waals surface area contributed by atoms with Crippen molar-refractivity contribution >= 4 is 15.9 Å². The van der Waals surface area contributed by atoms with Gasteiger partial charge >= 0.3 is 0 Å². The second-order valence-electron chi connectivity index (χ2n) is 5.01. The largest absolute Gasteiger partial charge is 0.744 e. The number of phenolic OH excluding ortho intramolecular Hbond substituents is 1. The molecule has 2 N–H and O–H groups in total. The van der Waals surface area contributed by atoms with Gasteiger partial charge in [0.1, 0.15) is 22.5 Å². The van der Waals surface area contributed by atoms with Gasteiger partial charge in [-0.15, -0.1) is 0 Å². The molecule has 0 aliphatic rings. The van der Waals surface area contributed by atoms with Gasteiger partial charge in [-0.1, -0.05) is 6.07 Å². The van der Waals surface area contributed by atoms with Gasteiger partial charge in [-0.25, -0.2) is 13.0 Å². The lowest BCUT2D eigenvalue weighted by Gasteiger charge is -2.09. The van der Waals surface area contributed by atoms with Gasteiger partial charge in [0.25, 0.3) is 0 Å². The van der Waals surface area contributed by atoms with E-state index in [0.29, 0.717) is 17.7 Å². The number of phenols is 1. The fourth-order valence-electron chi connectivity index (χ4n) is 1.81. The first kappa shape index (κ1) is 19.8. The topological polar surface area (TPSA) is 119 Å². The number of carbonyl (C=O) groups is 1. The van der Waals surface area contributed by atoms with E-state index >= 15 is 0 Å².